The zero-order chi connectivity index (χ0) is 9.97. The Morgan fingerprint density at radius 2 is 2.14 bits per heavy atom. The molecule has 0 bridgehead atoms. The van der Waals surface area contributed by atoms with E-state index in [1.165, 1.54) is 23.3 Å². The molecule has 0 aliphatic heterocycles. The highest BCUT2D eigenvalue weighted by atomic mass is 32.2. The maximum Gasteiger partial charge on any atom is 0.0497 e. The van der Waals surface area contributed by atoms with E-state index >= 15 is 0 Å². The molecule has 1 fully saturated rings. The maximum absolute atomic E-state index is 9.15. The molecular weight excluding hydrogens is 192 g/mol. The monoisotopic (exact) mass is 208 g/mol. The molecule has 1 unspecified atom stereocenters. The van der Waals surface area contributed by atoms with Crippen LogP contribution in [0.15, 0.2) is 29.2 Å². The highest BCUT2D eigenvalue weighted by Crippen LogP contribution is 2.41. The molecule has 0 spiro atoms. The molecule has 1 aliphatic rings. The molecule has 76 valence electrons. The van der Waals surface area contributed by atoms with Crippen LogP contribution in [0.5, 0.6) is 0 Å². The summed E-state index contributed by atoms with van der Waals surface area (Å²) in [7, 11) is 0. The average molecular weight is 208 g/mol. The number of hydrogen-bond donors (Lipinski definition) is 1. The smallest absolute Gasteiger partial charge is 0.0497 e. The Labute approximate surface area is 89.5 Å². The van der Waals surface area contributed by atoms with Gasteiger partial charge in [-0.25, -0.2) is 0 Å². The second-order valence-electron chi connectivity index (χ2n) is 3.94. The zero-order valence-electron chi connectivity index (χ0n) is 8.44. The van der Waals surface area contributed by atoms with Gasteiger partial charge in [-0.3, -0.25) is 0 Å². The van der Waals surface area contributed by atoms with Crippen LogP contribution >= 0.6 is 11.8 Å². The van der Waals surface area contributed by atoms with E-state index in [9.17, 15) is 0 Å². The Morgan fingerprint density at radius 1 is 1.43 bits per heavy atom. The molecule has 1 aliphatic carbocycles. The minimum atomic E-state index is 0.238. The Kier molecular flexibility index (Phi) is 3.14. The summed E-state index contributed by atoms with van der Waals surface area (Å²) in [5.41, 5.74) is 1.30. The number of thioether (sulfide) groups is 1. The van der Waals surface area contributed by atoms with Gasteiger partial charge in [-0.05, 0) is 24.5 Å². The van der Waals surface area contributed by atoms with E-state index in [0.717, 1.165) is 5.25 Å². The Morgan fingerprint density at radius 3 is 2.79 bits per heavy atom. The van der Waals surface area contributed by atoms with Gasteiger partial charge in [-0.1, -0.05) is 25.1 Å². The fraction of sp³-hybridized carbons (Fsp3) is 0.500. The van der Waals surface area contributed by atoms with E-state index in [-0.39, 0.29) is 12.5 Å². The summed E-state index contributed by atoms with van der Waals surface area (Å²) in [5, 5.41) is 9.99. The highest BCUT2D eigenvalue weighted by molar-refractivity contribution is 8.00. The summed E-state index contributed by atoms with van der Waals surface area (Å²) in [5.74, 6) is 0.262. The lowest BCUT2D eigenvalue weighted by molar-refractivity contribution is 0.272. The first-order valence-corrected chi connectivity index (χ1v) is 6.05. The van der Waals surface area contributed by atoms with E-state index in [0.29, 0.717) is 0 Å². The van der Waals surface area contributed by atoms with Crippen molar-refractivity contribution in [2.75, 3.05) is 6.61 Å². The summed E-state index contributed by atoms with van der Waals surface area (Å²) in [6.07, 6.45) is 2.71. The van der Waals surface area contributed by atoms with Crippen molar-refractivity contribution in [1.82, 2.24) is 0 Å². The van der Waals surface area contributed by atoms with Crippen LogP contribution in [0.25, 0.3) is 0 Å². The largest absolute Gasteiger partial charge is 0.396 e. The standard InChI is InChI=1S/C12H16OS/c1-9(8-13)11-4-2-3-5-12(11)14-10-6-7-10/h2-5,9-10,13H,6-8H2,1H3. The van der Waals surface area contributed by atoms with Crippen LogP contribution in [0, 0.1) is 0 Å². The third-order valence-electron chi connectivity index (χ3n) is 2.54. The summed E-state index contributed by atoms with van der Waals surface area (Å²) < 4.78 is 0. The number of aliphatic hydroxyl groups excluding tert-OH is 1. The quantitative estimate of drug-likeness (QED) is 0.820. The van der Waals surface area contributed by atoms with Crippen LogP contribution in [0.2, 0.25) is 0 Å². The van der Waals surface area contributed by atoms with E-state index in [1.807, 2.05) is 11.8 Å². The van der Waals surface area contributed by atoms with Gasteiger partial charge in [-0.15, -0.1) is 11.8 Å². The van der Waals surface area contributed by atoms with Gasteiger partial charge in [0.25, 0.3) is 0 Å². The number of rotatable bonds is 4. The minimum Gasteiger partial charge on any atom is -0.396 e. The first-order valence-electron chi connectivity index (χ1n) is 5.17. The predicted molar refractivity (Wildman–Crippen MR) is 60.8 cm³/mol. The van der Waals surface area contributed by atoms with Crippen molar-refractivity contribution >= 4 is 11.8 Å². The highest BCUT2D eigenvalue weighted by Gasteiger charge is 2.24. The average Bonchev–Trinajstić information content (AvgIpc) is 3.01. The summed E-state index contributed by atoms with van der Waals surface area (Å²) in [6, 6.07) is 8.44. The minimum absolute atomic E-state index is 0.238. The molecule has 1 atom stereocenters. The van der Waals surface area contributed by atoms with Crippen molar-refractivity contribution in [1.29, 1.82) is 0 Å². The Balaban J connectivity index is 2.18. The van der Waals surface area contributed by atoms with Gasteiger partial charge in [0.2, 0.25) is 0 Å². The van der Waals surface area contributed by atoms with Crippen LogP contribution < -0.4 is 0 Å². The van der Waals surface area contributed by atoms with E-state index in [2.05, 4.69) is 31.2 Å². The number of aliphatic hydroxyl groups is 1. The van der Waals surface area contributed by atoms with Crippen molar-refractivity contribution < 1.29 is 5.11 Å². The molecule has 1 saturated carbocycles. The molecule has 0 heterocycles. The SMILES string of the molecule is CC(CO)c1ccccc1SC1CC1. The number of hydrogen-bond acceptors (Lipinski definition) is 2. The van der Waals surface area contributed by atoms with Crippen LogP contribution in [-0.2, 0) is 0 Å². The van der Waals surface area contributed by atoms with Crippen LogP contribution in [-0.4, -0.2) is 17.0 Å². The normalized spacial score (nSPS) is 18.1. The molecule has 0 radical (unpaired) electrons. The molecule has 2 heteroatoms. The van der Waals surface area contributed by atoms with Crippen LogP contribution in [0.4, 0.5) is 0 Å². The molecule has 1 nitrogen and oxygen atoms in total. The second-order valence-corrected chi connectivity index (χ2v) is 5.28. The van der Waals surface area contributed by atoms with Gasteiger partial charge in [0.05, 0.1) is 0 Å². The van der Waals surface area contributed by atoms with Gasteiger partial charge in [0.1, 0.15) is 0 Å². The first-order chi connectivity index (χ1) is 6.81. The van der Waals surface area contributed by atoms with Gasteiger partial charge < -0.3 is 5.11 Å². The first kappa shape index (κ1) is 10.1. The second kappa shape index (κ2) is 4.37. The molecule has 1 N–H and O–H groups in total. The lowest BCUT2D eigenvalue weighted by atomic mass is 10.0. The zero-order valence-corrected chi connectivity index (χ0v) is 9.26. The fourth-order valence-corrected chi connectivity index (χ4v) is 2.75. The fourth-order valence-electron chi connectivity index (χ4n) is 1.46. The topological polar surface area (TPSA) is 20.2 Å². The molecular formula is C12H16OS. The van der Waals surface area contributed by atoms with E-state index in [1.54, 1.807) is 0 Å². The van der Waals surface area contributed by atoms with Gasteiger partial charge in [0.15, 0.2) is 0 Å². The molecule has 0 saturated heterocycles. The molecule has 0 aromatic heterocycles. The van der Waals surface area contributed by atoms with Crippen molar-refractivity contribution in [3.05, 3.63) is 29.8 Å². The molecule has 1 aromatic carbocycles. The summed E-state index contributed by atoms with van der Waals surface area (Å²) >= 11 is 1.97. The number of benzene rings is 1. The lowest BCUT2D eigenvalue weighted by Crippen LogP contribution is -2.00. The predicted octanol–water partition coefficient (Wildman–Crippen LogP) is 3.04. The van der Waals surface area contributed by atoms with Crippen molar-refractivity contribution in [3.63, 3.8) is 0 Å². The van der Waals surface area contributed by atoms with Crippen molar-refractivity contribution in [2.45, 2.75) is 35.8 Å². The van der Waals surface area contributed by atoms with Crippen molar-refractivity contribution in [3.8, 4) is 0 Å². The Bertz CT molecular complexity index is 307. The maximum atomic E-state index is 9.15. The van der Waals surface area contributed by atoms with Gasteiger partial charge in [-0.2, -0.15) is 0 Å². The van der Waals surface area contributed by atoms with Gasteiger partial charge in [0, 0.05) is 22.7 Å². The molecule has 0 amide bonds. The summed E-state index contributed by atoms with van der Waals surface area (Å²) in [4.78, 5) is 1.36. The van der Waals surface area contributed by atoms with Gasteiger partial charge >= 0.3 is 0 Å². The summed E-state index contributed by atoms with van der Waals surface area (Å²) in [6.45, 7) is 2.31. The van der Waals surface area contributed by atoms with Crippen LogP contribution in [0.1, 0.15) is 31.2 Å². The Hall–Kier alpha value is -0.470. The van der Waals surface area contributed by atoms with E-state index < -0.39 is 0 Å². The molecule has 1 aromatic rings. The lowest BCUT2D eigenvalue weighted by Gasteiger charge is -2.13. The molecule has 14 heavy (non-hydrogen) atoms. The third kappa shape index (κ3) is 2.31. The van der Waals surface area contributed by atoms with Crippen molar-refractivity contribution in [2.24, 2.45) is 0 Å². The third-order valence-corrected chi connectivity index (χ3v) is 3.97. The van der Waals surface area contributed by atoms with Crippen LogP contribution in [0.3, 0.4) is 0 Å². The van der Waals surface area contributed by atoms with E-state index in [4.69, 9.17) is 5.11 Å². The molecule has 2 rings (SSSR count).